The van der Waals surface area contributed by atoms with Gasteiger partial charge in [0, 0.05) is 5.57 Å². The fraction of sp³-hybridized carbons (Fsp3) is 0.750. The van der Waals surface area contributed by atoms with Crippen molar-refractivity contribution in [3.8, 4) is 0 Å². The molecule has 2 nitrogen and oxygen atoms in total. The van der Waals surface area contributed by atoms with Crippen molar-refractivity contribution in [1.82, 2.24) is 0 Å². The quantitative estimate of drug-likeness (QED) is 0.751. The first-order valence-corrected chi connectivity index (χ1v) is 5.45. The van der Waals surface area contributed by atoms with Crippen LogP contribution in [0.4, 0.5) is 0 Å². The lowest BCUT2D eigenvalue weighted by Gasteiger charge is -2.31. The van der Waals surface area contributed by atoms with E-state index in [1.54, 1.807) is 0 Å². The molecule has 1 rings (SSSR count). The largest absolute Gasteiger partial charge is 0.478 e. The Balaban J connectivity index is 3.06. The Labute approximate surface area is 86.0 Å². The first-order valence-electron chi connectivity index (χ1n) is 5.45. The summed E-state index contributed by atoms with van der Waals surface area (Å²) in [6, 6.07) is 0. The second-order valence-electron chi connectivity index (χ2n) is 4.71. The first kappa shape index (κ1) is 11.3. The molecule has 0 spiro atoms. The van der Waals surface area contributed by atoms with Gasteiger partial charge in [0.15, 0.2) is 0 Å². The Morgan fingerprint density at radius 2 is 1.93 bits per heavy atom. The zero-order valence-electron chi connectivity index (χ0n) is 9.39. The van der Waals surface area contributed by atoms with Crippen molar-refractivity contribution in [3.05, 3.63) is 11.1 Å². The highest BCUT2D eigenvalue weighted by Crippen LogP contribution is 2.39. The summed E-state index contributed by atoms with van der Waals surface area (Å²) in [7, 11) is 0. The summed E-state index contributed by atoms with van der Waals surface area (Å²) in [5.41, 5.74) is 1.93. The third kappa shape index (κ3) is 2.17. The molecule has 0 fully saturated rings. The fourth-order valence-corrected chi connectivity index (χ4v) is 2.10. The molecule has 0 unspecified atom stereocenters. The van der Waals surface area contributed by atoms with Gasteiger partial charge in [0.05, 0.1) is 0 Å². The molecular weight excluding hydrogens is 176 g/mol. The van der Waals surface area contributed by atoms with Crippen molar-refractivity contribution in [2.75, 3.05) is 0 Å². The predicted octanol–water partition coefficient (Wildman–Crippen LogP) is 3.38. The molecule has 0 bridgehead atoms. The maximum absolute atomic E-state index is 11.1. The monoisotopic (exact) mass is 196 g/mol. The Hall–Kier alpha value is -0.790. The summed E-state index contributed by atoms with van der Waals surface area (Å²) < 4.78 is 0. The molecule has 0 heterocycles. The Bertz CT molecular complexity index is 261. The van der Waals surface area contributed by atoms with E-state index in [0.29, 0.717) is 5.57 Å². The summed E-state index contributed by atoms with van der Waals surface area (Å²) in [5.74, 6) is -0.707. The molecule has 80 valence electrons. The van der Waals surface area contributed by atoms with Crippen molar-refractivity contribution >= 4 is 5.97 Å². The molecule has 1 aliphatic rings. The van der Waals surface area contributed by atoms with Crippen LogP contribution in [0.3, 0.4) is 0 Å². The van der Waals surface area contributed by atoms with Gasteiger partial charge >= 0.3 is 5.97 Å². The zero-order valence-corrected chi connectivity index (χ0v) is 9.39. The van der Waals surface area contributed by atoms with E-state index in [2.05, 4.69) is 20.8 Å². The number of carbonyl (C=O) groups is 1. The number of hydrogen-bond acceptors (Lipinski definition) is 1. The molecule has 0 aromatic rings. The molecule has 1 N–H and O–H groups in total. The first-order chi connectivity index (χ1) is 6.49. The van der Waals surface area contributed by atoms with Crippen molar-refractivity contribution in [3.63, 3.8) is 0 Å². The number of hydrogen-bond donors (Lipinski definition) is 1. The van der Waals surface area contributed by atoms with Gasteiger partial charge in [0.25, 0.3) is 0 Å². The topological polar surface area (TPSA) is 37.3 Å². The molecule has 0 aromatic heterocycles. The van der Waals surface area contributed by atoms with Crippen LogP contribution in [0.15, 0.2) is 11.1 Å². The van der Waals surface area contributed by atoms with Gasteiger partial charge in [-0.05, 0) is 37.5 Å². The third-order valence-electron chi connectivity index (χ3n) is 3.43. The Kier molecular flexibility index (Phi) is 3.35. The van der Waals surface area contributed by atoms with E-state index in [1.165, 1.54) is 5.57 Å². The van der Waals surface area contributed by atoms with Crippen LogP contribution >= 0.6 is 0 Å². The van der Waals surface area contributed by atoms with E-state index in [9.17, 15) is 4.79 Å². The van der Waals surface area contributed by atoms with E-state index < -0.39 is 5.97 Å². The summed E-state index contributed by atoms with van der Waals surface area (Å²) >= 11 is 0. The van der Waals surface area contributed by atoms with Crippen LogP contribution in [0.2, 0.25) is 0 Å². The van der Waals surface area contributed by atoms with Gasteiger partial charge in [-0.3, -0.25) is 0 Å². The average molecular weight is 196 g/mol. The Morgan fingerprint density at radius 1 is 1.36 bits per heavy atom. The predicted molar refractivity (Wildman–Crippen MR) is 57.2 cm³/mol. The highest BCUT2D eigenvalue weighted by Gasteiger charge is 2.28. The van der Waals surface area contributed by atoms with E-state index >= 15 is 0 Å². The van der Waals surface area contributed by atoms with Crippen LogP contribution in [-0.2, 0) is 4.79 Å². The van der Waals surface area contributed by atoms with Crippen LogP contribution in [0.1, 0.15) is 52.9 Å². The smallest absolute Gasteiger partial charge is 0.331 e. The molecular formula is C12H20O2. The second-order valence-corrected chi connectivity index (χ2v) is 4.71. The van der Waals surface area contributed by atoms with E-state index in [-0.39, 0.29) is 5.41 Å². The second kappa shape index (κ2) is 4.16. The Morgan fingerprint density at radius 3 is 2.43 bits per heavy atom. The van der Waals surface area contributed by atoms with Gasteiger partial charge in [-0.2, -0.15) is 0 Å². The molecule has 0 atom stereocenters. The summed E-state index contributed by atoms with van der Waals surface area (Å²) in [6.45, 7) is 6.42. The number of rotatable bonds is 3. The van der Waals surface area contributed by atoms with Crippen LogP contribution < -0.4 is 0 Å². The molecule has 1 aliphatic carbocycles. The fourth-order valence-electron chi connectivity index (χ4n) is 2.10. The lowest BCUT2D eigenvalue weighted by Crippen LogP contribution is -2.21. The van der Waals surface area contributed by atoms with Gasteiger partial charge in [-0.25, -0.2) is 4.79 Å². The normalized spacial score (nSPS) is 18.5. The van der Waals surface area contributed by atoms with Crippen LogP contribution in [-0.4, -0.2) is 11.1 Å². The van der Waals surface area contributed by atoms with Gasteiger partial charge in [0.2, 0.25) is 0 Å². The molecule has 0 aliphatic heterocycles. The van der Waals surface area contributed by atoms with Gasteiger partial charge in [-0.15, -0.1) is 0 Å². The van der Waals surface area contributed by atoms with Crippen LogP contribution in [0, 0.1) is 5.41 Å². The van der Waals surface area contributed by atoms with Crippen molar-refractivity contribution < 1.29 is 9.90 Å². The number of carboxylic acids is 1. The molecule has 0 saturated carbocycles. The number of aliphatic carboxylic acids is 1. The van der Waals surface area contributed by atoms with Crippen LogP contribution in [0.25, 0.3) is 0 Å². The molecule has 0 radical (unpaired) electrons. The van der Waals surface area contributed by atoms with E-state index in [0.717, 1.165) is 32.1 Å². The van der Waals surface area contributed by atoms with E-state index in [1.807, 2.05) is 0 Å². The highest BCUT2D eigenvalue weighted by atomic mass is 16.4. The minimum absolute atomic E-state index is 0.0636. The van der Waals surface area contributed by atoms with E-state index in [4.69, 9.17) is 5.11 Å². The van der Waals surface area contributed by atoms with Gasteiger partial charge in [0.1, 0.15) is 0 Å². The minimum atomic E-state index is -0.707. The maximum atomic E-state index is 11.1. The number of carboxylic acid groups (broad SMARTS) is 1. The summed E-state index contributed by atoms with van der Waals surface area (Å²) in [4.78, 5) is 11.1. The molecule has 0 aromatic carbocycles. The van der Waals surface area contributed by atoms with Crippen LogP contribution in [0.5, 0.6) is 0 Å². The SMILES string of the molecule is CCC(C)(C)C1=C(C(=O)O)CCCC1. The molecule has 0 saturated heterocycles. The van der Waals surface area contributed by atoms with Crippen molar-refractivity contribution in [2.45, 2.75) is 52.9 Å². The summed E-state index contributed by atoms with van der Waals surface area (Å²) in [5, 5.41) is 9.11. The molecule has 2 heteroatoms. The average Bonchev–Trinajstić information content (AvgIpc) is 2.18. The number of allylic oxidation sites excluding steroid dienone is 1. The maximum Gasteiger partial charge on any atom is 0.331 e. The van der Waals surface area contributed by atoms with Crippen molar-refractivity contribution in [2.24, 2.45) is 5.41 Å². The standard InChI is InChI=1S/C12H20O2/c1-4-12(2,3)10-8-6-5-7-9(10)11(13)14/h4-8H2,1-3H3,(H,13,14). The molecule has 14 heavy (non-hydrogen) atoms. The van der Waals surface area contributed by atoms with Gasteiger partial charge < -0.3 is 5.11 Å². The lowest BCUT2D eigenvalue weighted by molar-refractivity contribution is -0.133. The highest BCUT2D eigenvalue weighted by molar-refractivity contribution is 5.88. The molecule has 0 amide bonds. The lowest BCUT2D eigenvalue weighted by atomic mass is 9.74. The van der Waals surface area contributed by atoms with Crippen molar-refractivity contribution in [1.29, 1.82) is 0 Å². The summed E-state index contributed by atoms with van der Waals surface area (Å²) in [6.07, 6.45) is 4.93. The zero-order chi connectivity index (χ0) is 10.8. The third-order valence-corrected chi connectivity index (χ3v) is 3.43. The van der Waals surface area contributed by atoms with Gasteiger partial charge in [-0.1, -0.05) is 26.3 Å². The minimum Gasteiger partial charge on any atom is -0.478 e.